The summed E-state index contributed by atoms with van der Waals surface area (Å²) in [5.41, 5.74) is 7.00. The number of hydrogen-bond acceptors (Lipinski definition) is 2. The fourth-order valence-corrected chi connectivity index (χ4v) is 4.92. The molecule has 0 amide bonds. The first-order valence-corrected chi connectivity index (χ1v) is 10.0. The van der Waals surface area contributed by atoms with Gasteiger partial charge in [0.2, 0.25) is 0 Å². The van der Waals surface area contributed by atoms with Crippen molar-refractivity contribution in [3.63, 3.8) is 0 Å². The maximum absolute atomic E-state index is 13.5. The molecular formula is C24H24FN3. The number of pyridine rings is 1. The molecule has 1 saturated heterocycles. The summed E-state index contributed by atoms with van der Waals surface area (Å²) in [6, 6.07) is 11.5. The maximum atomic E-state index is 13.5. The number of rotatable bonds is 3. The maximum Gasteiger partial charge on any atom is 0.123 e. The van der Waals surface area contributed by atoms with Gasteiger partial charge in [-0.25, -0.2) is 4.39 Å². The van der Waals surface area contributed by atoms with Crippen LogP contribution in [0.3, 0.4) is 0 Å². The predicted molar refractivity (Wildman–Crippen MR) is 111 cm³/mol. The van der Waals surface area contributed by atoms with Gasteiger partial charge in [0, 0.05) is 42.3 Å². The van der Waals surface area contributed by atoms with E-state index in [1.807, 2.05) is 24.5 Å². The smallest absolute Gasteiger partial charge is 0.123 e. The Hall–Kier alpha value is -2.72. The Balaban J connectivity index is 1.66. The summed E-state index contributed by atoms with van der Waals surface area (Å²) in [6.45, 7) is 4.59. The first-order valence-electron chi connectivity index (χ1n) is 10.0. The minimum Gasteiger partial charge on any atom is -0.360 e. The van der Waals surface area contributed by atoms with E-state index < -0.39 is 0 Å². The third-order valence-corrected chi connectivity index (χ3v) is 6.32. The summed E-state index contributed by atoms with van der Waals surface area (Å²) in [7, 11) is 0. The molecule has 28 heavy (non-hydrogen) atoms. The van der Waals surface area contributed by atoms with Crippen LogP contribution in [-0.2, 0) is 0 Å². The second-order valence-corrected chi connectivity index (χ2v) is 7.85. The molecule has 2 aromatic heterocycles. The van der Waals surface area contributed by atoms with E-state index in [4.69, 9.17) is 0 Å². The van der Waals surface area contributed by atoms with Gasteiger partial charge in [0.15, 0.2) is 0 Å². The van der Waals surface area contributed by atoms with Crippen molar-refractivity contribution in [3.8, 4) is 22.4 Å². The number of H-pyrrole nitrogens is 1. The summed E-state index contributed by atoms with van der Waals surface area (Å²) < 4.78 is 13.5. The minimum absolute atomic E-state index is 0.217. The fraction of sp³-hybridized carbons (Fsp3) is 0.292. The number of benzene rings is 1. The van der Waals surface area contributed by atoms with Crippen LogP contribution >= 0.6 is 0 Å². The Kier molecular flexibility index (Phi) is 4.36. The van der Waals surface area contributed by atoms with Gasteiger partial charge in [-0.2, -0.15) is 0 Å². The summed E-state index contributed by atoms with van der Waals surface area (Å²) in [5, 5.41) is 0. The van der Waals surface area contributed by atoms with E-state index in [1.54, 1.807) is 0 Å². The number of halogens is 1. The van der Waals surface area contributed by atoms with E-state index in [0.717, 1.165) is 23.4 Å². The average Bonchev–Trinajstić information content (AvgIpc) is 3.37. The highest BCUT2D eigenvalue weighted by atomic mass is 19.1. The molecule has 0 bridgehead atoms. The molecule has 5 rings (SSSR count). The Labute approximate surface area is 164 Å². The second kappa shape index (κ2) is 7.02. The zero-order valence-electron chi connectivity index (χ0n) is 16.0. The van der Waals surface area contributed by atoms with Crippen molar-refractivity contribution in [1.82, 2.24) is 14.9 Å². The van der Waals surface area contributed by atoms with Crippen LogP contribution in [0.2, 0.25) is 0 Å². The molecule has 0 aliphatic carbocycles. The minimum atomic E-state index is -0.217. The van der Waals surface area contributed by atoms with Crippen LogP contribution in [-0.4, -0.2) is 34.0 Å². The molecular weight excluding hydrogens is 349 g/mol. The van der Waals surface area contributed by atoms with Crippen LogP contribution < -0.4 is 0 Å². The molecule has 2 aliphatic rings. The molecule has 2 atom stereocenters. The summed E-state index contributed by atoms with van der Waals surface area (Å²) in [4.78, 5) is 10.3. The van der Waals surface area contributed by atoms with Crippen LogP contribution in [0.15, 0.2) is 61.1 Å². The molecule has 0 saturated carbocycles. The first-order chi connectivity index (χ1) is 13.7. The monoisotopic (exact) mass is 373 g/mol. The fourth-order valence-electron chi connectivity index (χ4n) is 4.92. The predicted octanol–water partition coefficient (Wildman–Crippen LogP) is 5.38. The largest absolute Gasteiger partial charge is 0.360 e. The first kappa shape index (κ1) is 17.4. The highest BCUT2D eigenvalue weighted by Gasteiger charge is 2.35. The highest BCUT2D eigenvalue weighted by molar-refractivity contribution is 5.91. The normalized spacial score (nSPS) is 22.1. The Bertz CT molecular complexity index is 1000. The number of hydrogen-bond donors (Lipinski definition) is 1. The quantitative estimate of drug-likeness (QED) is 0.668. The molecule has 0 radical (unpaired) electrons. The van der Waals surface area contributed by atoms with Gasteiger partial charge >= 0.3 is 0 Å². The van der Waals surface area contributed by atoms with Crippen LogP contribution in [0.5, 0.6) is 0 Å². The Morgan fingerprint density at radius 1 is 1.07 bits per heavy atom. The molecule has 0 spiro atoms. The lowest BCUT2D eigenvalue weighted by molar-refractivity contribution is 0.234. The Morgan fingerprint density at radius 3 is 2.64 bits per heavy atom. The van der Waals surface area contributed by atoms with Crippen molar-refractivity contribution in [2.24, 2.45) is 5.92 Å². The van der Waals surface area contributed by atoms with Gasteiger partial charge in [0.25, 0.3) is 0 Å². The van der Waals surface area contributed by atoms with Crippen molar-refractivity contribution in [2.75, 3.05) is 13.1 Å². The lowest BCUT2D eigenvalue weighted by atomic mass is 9.82. The summed E-state index contributed by atoms with van der Waals surface area (Å²) in [5.74, 6) is 0.277. The van der Waals surface area contributed by atoms with Crippen molar-refractivity contribution < 1.29 is 4.39 Å². The molecule has 3 nitrogen and oxygen atoms in total. The molecule has 2 aliphatic heterocycles. The van der Waals surface area contributed by atoms with E-state index in [1.165, 1.54) is 48.2 Å². The molecule has 1 fully saturated rings. The van der Waals surface area contributed by atoms with Gasteiger partial charge in [0.1, 0.15) is 5.82 Å². The molecule has 1 aromatic carbocycles. The third-order valence-electron chi connectivity index (χ3n) is 6.32. The number of aromatic amines is 1. The van der Waals surface area contributed by atoms with Crippen molar-refractivity contribution in [1.29, 1.82) is 0 Å². The van der Waals surface area contributed by atoms with Crippen LogP contribution in [0, 0.1) is 11.7 Å². The lowest BCUT2D eigenvalue weighted by Crippen LogP contribution is -2.38. The molecule has 4 heteroatoms. The third kappa shape index (κ3) is 2.89. The number of aromatic nitrogens is 2. The van der Waals surface area contributed by atoms with Gasteiger partial charge in [-0.1, -0.05) is 13.0 Å². The van der Waals surface area contributed by atoms with Gasteiger partial charge in [-0.3, -0.25) is 9.88 Å². The SMILES string of the molecule is CC1C(c2c[nH]c(-c3ccc(F)cc3)c2-c2ccncc2)=CCN2CCC[C@@H]12. The van der Waals surface area contributed by atoms with Crippen LogP contribution in [0.4, 0.5) is 4.39 Å². The summed E-state index contributed by atoms with van der Waals surface area (Å²) >= 11 is 0. The molecule has 1 N–H and O–H groups in total. The topological polar surface area (TPSA) is 31.9 Å². The lowest BCUT2D eigenvalue weighted by Gasteiger charge is -2.35. The van der Waals surface area contributed by atoms with Crippen LogP contribution in [0.1, 0.15) is 25.3 Å². The van der Waals surface area contributed by atoms with E-state index in [2.05, 4.69) is 46.2 Å². The van der Waals surface area contributed by atoms with E-state index in [-0.39, 0.29) is 5.82 Å². The number of fused-ring (bicyclic) bond motifs is 1. The second-order valence-electron chi connectivity index (χ2n) is 7.85. The average molecular weight is 373 g/mol. The number of nitrogens with one attached hydrogen (secondary N) is 1. The zero-order chi connectivity index (χ0) is 19.1. The molecule has 3 aromatic rings. The Morgan fingerprint density at radius 2 is 1.86 bits per heavy atom. The molecule has 4 heterocycles. The molecule has 1 unspecified atom stereocenters. The standard InChI is InChI=1S/C24H24FN3/c1-16-20(10-14-28-13-2-3-22(16)28)21-15-27-24(18-4-6-19(25)7-5-18)23(21)17-8-11-26-12-9-17/h4-12,15-16,22,27H,2-3,13-14H2,1H3/t16?,22-/m0/s1. The van der Waals surface area contributed by atoms with Crippen LogP contribution in [0.25, 0.3) is 28.0 Å². The van der Waals surface area contributed by atoms with Crippen molar-refractivity contribution in [3.05, 3.63) is 72.4 Å². The van der Waals surface area contributed by atoms with Gasteiger partial charge in [-0.05, 0) is 78.4 Å². The zero-order valence-corrected chi connectivity index (χ0v) is 16.0. The van der Waals surface area contributed by atoms with E-state index in [9.17, 15) is 4.39 Å². The van der Waals surface area contributed by atoms with Gasteiger partial charge in [0.05, 0.1) is 5.69 Å². The molecule has 142 valence electrons. The van der Waals surface area contributed by atoms with E-state index in [0.29, 0.717) is 12.0 Å². The van der Waals surface area contributed by atoms with Crippen molar-refractivity contribution >= 4 is 5.57 Å². The van der Waals surface area contributed by atoms with Gasteiger partial charge < -0.3 is 4.98 Å². The number of nitrogens with zero attached hydrogens (tertiary/aromatic N) is 2. The van der Waals surface area contributed by atoms with E-state index >= 15 is 0 Å². The summed E-state index contributed by atoms with van der Waals surface area (Å²) in [6.07, 6.45) is 10.8. The van der Waals surface area contributed by atoms with Gasteiger partial charge in [-0.15, -0.1) is 0 Å². The van der Waals surface area contributed by atoms with Crippen molar-refractivity contribution in [2.45, 2.75) is 25.8 Å². The highest BCUT2D eigenvalue weighted by Crippen LogP contribution is 2.43.